The lowest BCUT2D eigenvalue weighted by molar-refractivity contribution is -0.167. The minimum Gasteiger partial charge on any atom is -0.462 e. The van der Waals surface area contributed by atoms with Crippen molar-refractivity contribution < 1.29 is 28.6 Å². The Bertz CT molecular complexity index is 678. The van der Waals surface area contributed by atoms with Crippen molar-refractivity contribution in [3.8, 4) is 0 Å². The Kier molecular flexibility index (Phi) is 32.6. The second-order valence-electron chi connectivity index (χ2n) is 13.5. The molecule has 0 spiro atoms. The Morgan fingerprint density at radius 1 is 0.444 bits per heavy atom. The van der Waals surface area contributed by atoms with E-state index in [-0.39, 0.29) is 31.1 Å². The van der Waals surface area contributed by atoms with Crippen LogP contribution in [0.4, 0.5) is 0 Å². The molecule has 0 rings (SSSR count). The first-order chi connectivity index (χ1) is 21.9. The fraction of sp³-hybridized carbons (Fsp3) is 0.923. The van der Waals surface area contributed by atoms with Gasteiger partial charge < -0.3 is 14.2 Å². The van der Waals surface area contributed by atoms with E-state index in [9.17, 15) is 14.4 Å². The van der Waals surface area contributed by atoms with Gasteiger partial charge in [0.15, 0.2) is 6.10 Å². The van der Waals surface area contributed by atoms with E-state index in [2.05, 4.69) is 27.7 Å². The Labute approximate surface area is 278 Å². The molecule has 0 amide bonds. The van der Waals surface area contributed by atoms with Gasteiger partial charge in [-0.3, -0.25) is 14.4 Å². The topological polar surface area (TPSA) is 78.9 Å². The van der Waals surface area contributed by atoms with Gasteiger partial charge in [-0.15, -0.1) is 0 Å². The van der Waals surface area contributed by atoms with E-state index >= 15 is 0 Å². The van der Waals surface area contributed by atoms with E-state index in [0.29, 0.717) is 19.3 Å². The van der Waals surface area contributed by atoms with Crippen LogP contribution in [-0.2, 0) is 28.6 Å². The van der Waals surface area contributed by atoms with Crippen LogP contribution in [-0.4, -0.2) is 37.2 Å². The average molecular weight is 639 g/mol. The molecule has 0 aliphatic carbocycles. The summed E-state index contributed by atoms with van der Waals surface area (Å²) in [5.41, 5.74) is 0. The van der Waals surface area contributed by atoms with Crippen LogP contribution < -0.4 is 0 Å². The van der Waals surface area contributed by atoms with E-state index in [1.807, 2.05) is 0 Å². The maximum absolute atomic E-state index is 12.5. The van der Waals surface area contributed by atoms with E-state index in [1.165, 1.54) is 103 Å². The maximum atomic E-state index is 12.5. The van der Waals surface area contributed by atoms with Crippen molar-refractivity contribution >= 4 is 17.9 Å². The van der Waals surface area contributed by atoms with Gasteiger partial charge in [-0.1, -0.05) is 169 Å². The van der Waals surface area contributed by atoms with Crippen LogP contribution in [0.1, 0.15) is 207 Å². The summed E-state index contributed by atoms with van der Waals surface area (Å²) in [4.78, 5) is 37.3. The summed E-state index contributed by atoms with van der Waals surface area (Å²) in [6, 6.07) is 0. The molecule has 0 aliphatic rings. The maximum Gasteiger partial charge on any atom is 0.306 e. The molecule has 1 unspecified atom stereocenters. The predicted octanol–water partition coefficient (Wildman–Crippen LogP) is 11.6. The normalized spacial score (nSPS) is 12.5. The fourth-order valence-electron chi connectivity index (χ4n) is 5.53. The van der Waals surface area contributed by atoms with Crippen LogP contribution >= 0.6 is 0 Å². The minimum atomic E-state index is -0.756. The van der Waals surface area contributed by atoms with Crippen molar-refractivity contribution in [1.29, 1.82) is 0 Å². The Balaban J connectivity index is 4.33. The molecule has 0 bridgehead atoms. The molecule has 0 aromatic rings. The van der Waals surface area contributed by atoms with Crippen LogP contribution in [0.3, 0.4) is 0 Å². The highest BCUT2D eigenvalue weighted by Gasteiger charge is 2.19. The highest BCUT2D eigenvalue weighted by atomic mass is 16.6. The molecule has 0 saturated carbocycles. The third-order valence-corrected chi connectivity index (χ3v) is 8.90. The average Bonchev–Trinajstić information content (AvgIpc) is 3.03. The van der Waals surface area contributed by atoms with Gasteiger partial charge in [0.2, 0.25) is 0 Å². The zero-order chi connectivity index (χ0) is 33.2. The van der Waals surface area contributed by atoms with Gasteiger partial charge in [-0.05, 0) is 25.2 Å². The molecule has 0 radical (unpaired) electrons. The number of carbonyl (C=O) groups excluding carboxylic acids is 3. The second-order valence-corrected chi connectivity index (χ2v) is 13.5. The smallest absolute Gasteiger partial charge is 0.306 e. The van der Waals surface area contributed by atoms with Crippen LogP contribution in [0, 0.1) is 5.92 Å². The lowest BCUT2D eigenvalue weighted by Gasteiger charge is -2.18. The summed E-state index contributed by atoms with van der Waals surface area (Å²) >= 11 is 0. The predicted molar refractivity (Wildman–Crippen MR) is 187 cm³/mol. The van der Waals surface area contributed by atoms with Crippen molar-refractivity contribution in [2.45, 2.75) is 214 Å². The van der Waals surface area contributed by atoms with Crippen LogP contribution in [0.5, 0.6) is 0 Å². The zero-order valence-corrected chi connectivity index (χ0v) is 30.3. The molecule has 0 aromatic heterocycles. The molecule has 0 saturated heterocycles. The van der Waals surface area contributed by atoms with E-state index in [4.69, 9.17) is 14.2 Å². The molecule has 0 heterocycles. The second kappa shape index (κ2) is 33.8. The van der Waals surface area contributed by atoms with Crippen LogP contribution in [0.2, 0.25) is 0 Å². The molecular weight excluding hydrogens is 564 g/mol. The third kappa shape index (κ3) is 32.2. The molecule has 266 valence electrons. The summed E-state index contributed by atoms with van der Waals surface area (Å²) in [5.74, 6) is -0.0605. The zero-order valence-electron chi connectivity index (χ0n) is 30.3. The molecule has 45 heavy (non-hydrogen) atoms. The summed E-state index contributed by atoms with van der Waals surface area (Å²) < 4.78 is 16.5. The Morgan fingerprint density at radius 2 is 0.778 bits per heavy atom. The van der Waals surface area contributed by atoms with Crippen molar-refractivity contribution in [1.82, 2.24) is 0 Å². The van der Waals surface area contributed by atoms with Crippen LogP contribution in [0.25, 0.3) is 0 Å². The summed E-state index contributed by atoms with van der Waals surface area (Å²) in [6.45, 7) is 8.88. The third-order valence-electron chi connectivity index (χ3n) is 8.90. The Hall–Kier alpha value is -1.59. The molecule has 0 aromatic carbocycles. The SMILES string of the molecule is CCCCCCCCCCCCC(=O)OC[C@H](COC(=O)CCCCCCCCC(C)CC)OC(=O)CCCCCCCCC. The van der Waals surface area contributed by atoms with E-state index in [0.717, 1.165) is 63.7 Å². The number of rotatable bonds is 34. The van der Waals surface area contributed by atoms with Crippen molar-refractivity contribution in [3.05, 3.63) is 0 Å². The lowest BCUT2D eigenvalue weighted by Crippen LogP contribution is -2.30. The van der Waals surface area contributed by atoms with Gasteiger partial charge >= 0.3 is 17.9 Å². The number of esters is 3. The van der Waals surface area contributed by atoms with Crippen molar-refractivity contribution in [2.24, 2.45) is 5.92 Å². The molecule has 2 atom stereocenters. The van der Waals surface area contributed by atoms with Crippen molar-refractivity contribution in [2.75, 3.05) is 13.2 Å². The van der Waals surface area contributed by atoms with Gasteiger partial charge in [0.1, 0.15) is 13.2 Å². The van der Waals surface area contributed by atoms with Gasteiger partial charge in [0, 0.05) is 19.3 Å². The standard InChI is InChI=1S/C39H74O6/c1-5-8-10-12-14-15-16-18-22-26-30-37(40)43-33-36(45-39(42)32-28-24-17-13-11-9-6-2)34-44-38(41)31-27-23-20-19-21-25-29-35(4)7-3/h35-36H,5-34H2,1-4H3/t35?,36-/m1/s1. The quantitative estimate of drug-likeness (QED) is 0.0396. The lowest BCUT2D eigenvalue weighted by atomic mass is 10.00. The molecular formula is C39H74O6. The molecule has 0 fully saturated rings. The first-order valence-electron chi connectivity index (χ1n) is 19.4. The fourth-order valence-corrected chi connectivity index (χ4v) is 5.53. The van der Waals surface area contributed by atoms with Crippen LogP contribution in [0.15, 0.2) is 0 Å². The number of unbranched alkanes of at least 4 members (excludes halogenated alkanes) is 20. The number of hydrogen-bond donors (Lipinski definition) is 0. The first kappa shape index (κ1) is 43.4. The van der Waals surface area contributed by atoms with Gasteiger partial charge in [0.25, 0.3) is 0 Å². The number of hydrogen-bond acceptors (Lipinski definition) is 6. The summed E-state index contributed by atoms with van der Waals surface area (Å²) in [5, 5.41) is 0. The minimum absolute atomic E-state index is 0.0662. The molecule has 6 heteroatoms. The van der Waals surface area contributed by atoms with Crippen molar-refractivity contribution in [3.63, 3.8) is 0 Å². The first-order valence-corrected chi connectivity index (χ1v) is 19.4. The highest BCUT2D eigenvalue weighted by molar-refractivity contribution is 5.71. The van der Waals surface area contributed by atoms with Gasteiger partial charge in [-0.25, -0.2) is 0 Å². The van der Waals surface area contributed by atoms with Gasteiger partial charge in [0.05, 0.1) is 0 Å². The highest BCUT2D eigenvalue weighted by Crippen LogP contribution is 2.15. The molecule has 0 N–H and O–H groups in total. The largest absolute Gasteiger partial charge is 0.462 e. The molecule has 0 aliphatic heterocycles. The van der Waals surface area contributed by atoms with E-state index < -0.39 is 6.10 Å². The molecule has 6 nitrogen and oxygen atoms in total. The van der Waals surface area contributed by atoms with E-state index in [1.54, 1.807) is 0 Å². The Morgan fingerprint density at radius 3 is 1.16 bits per heavy atom. The monoisotopic (exact) mass is 639 g/mol. The number of ether oxygens (including phenoxy) is 3. The van der Waals surface area contributed by atoms with Gasteiger partial charge in [-0.2, -0.15) is 0 Å². The summed E-state index contributed by atoms with van der Waals surface area (Å²) in [6.07, 6.45) is 29.5. The number of carbonyl (C=O) groups is 3. The summed E-state index contributed by atoms with van der Waals surface area (Å²) in [7, 11) is 0.